The van der Waals surface area contributed by atoms with Gasteiger partial charge in [-0.05, 0) is 37.5 Å². The van der Waals surface area contributed by atoms with Gasteiger partial charge < -0.3 is 20.3 Å². The van der Waals surface area contributed by atoms with Crippen LogP contribution in [0.3, 0.4) is 0 Å². The van der Waals surface area contributed by atoms with E-state index in [0.29, 0.717) is 12.1 Å². The average Bonchev–Trinajstić information content (AvgIpc) is 3.26. The van der Waals surface area contributed by atoms with Gasteiger partial charge in [-0.25, -0.2) is 13.2 Å². The number of hydrogen-bond acceptors (Lipinski definition) is 7. The Morgan fingerprint density at radius 1 is 1.29 bits per heavy atom. The number of anilines is 2. The second-order valence-corrected chi connectivity index (χ2v) is 9.54. The molecule has 0 bridgehead atoms. The zero-order valence-electron chi connectivity index (χ0n) is 15.1. The summed E-state index contributed by atoms with van der Waals surface area (Å²) in [7, 11) is -3.10. The highest BCUT2D eigenvalue weighted by Crippen LogP contribution is 2.37. The normalized spacial score (nSPS) is 24.9. The molecule has 0 spiro atoms. The van der Waals surface area contributed by atoms with Gasteiger partial charge in [-0.3, -0.25) is 9.59 Å². The van der Waals surface area contributed by atoms with Gasteiger partial charge in [0.2, 0.25) is 5.91 Å². The molecule has 2 amide bonds. The third-order valence-corrected chi connectivity index (χ3v) is 7.05. The first-order valence-electron chi connectivity index (χ1n) is 9.21. The van der Waals surface area contributed by atoms with E-state index in [4.69, 9.17) is 4.74 Å². The maximum atomic E-state index is 12.3. The first-order valence-corrected chi connectivity index (χ1v) is 11.0. The van der Waals surface area contributed by atoms with Crippen LogP contribution in [0.4, 0.5) is 11.4 Å². The van der Waals surface area contributed by atoms with Gasteiger partial charge in [-0.2, -0.15) is 0 Å². The van der Waals surface area contributed by atoms with Crippen LogP contribution in [0.2, 0.25) is 0 Å². The largest absolute Gasteiger partial charge is 0.452 e. The Hall–Kier alpha value is -2.62. The number of carbonyl (C=O) groups is 3. The molecule has 0 saturated carbocycles. The lowest BCUT2D eigenvalue weighted by Gasteiger charge is -2.33. The lowest BCUT2D eigenvalue weighted by molar-refractivity contribution is -0.124. The highest BCUT2D eigenvalue weighted by molar-refractivity contribution is 7.91. The standard InChI is InChI=1S/C18H21N3O6S/c22-16(19-12-5-7-28(25,26)10-12)9-27-18(24)11-3-4-14-13(8-11)20-17(23)15-2-1-6-21(14)15/h3-4,8,12,15H,1-2,5-7,9-10H2,(H,19,22)(H,20,23)/t12-,15+/m1/s1. The van der Waals surface area contributed by atoms with Gasteiger partial charge in [-0.1, -0.05) is 0 Å². The van der Waals surface area contributed by atoms with Gasteiger partial charge in [-0.15, -0.1) is 0 Å². The van der Waals surface area contributed by atoms with Crippen LogP contribution >= 0.6 is 0 Å². The fourth-order valence-corrected chi connectivity index (χ4v) is 5.62. The van der Waals surface area contributed by atoms with Crippen LogP contribution in [-0.4, -0.2) is 62.9 Å². The summed E-state index contributed by atoms with van der Waals surface area (Å²) in [6.07, 6.45) is 2.12. The van der Waals surface area contributed by atoms with Gasteiger partial charge in [0, 0.05) is 12.6 Å². The fourth-order valence-electron chi connectivity index (χ4n) is 3.95. The Morgan fingerprint density at radius 2 is 2.11 bits per heavy atom. The number of nitrogens with one attached hydrogen (secondary N) is 2. The molecule has 150 valence electrons. The van der Waals surface area contributed by atoms with Crippen molar-refractivity contribution in [3.8, 4) is 0 Å². The van der Waals surface area contributed by atoms with Crippen molar-refractivity contribution in [2.45, 2.75) is 31.3 Å². The molecule has 2 N–H and O–H groups in total. The summed E-state index contributed by atoms with van der Waals surface area (Å²) in [4.78, 5) is 38.4. The molecule has 9 nitrogen and oxygen atoms in total. The van der Waals surface area contributed by atoms with Gasteiger partial charge >= 0.3 is 5.97 Å². The minimum atomic E-state index is -3.10. The third-order valence-electron chi connectivity index (χ3n) is 5.29. The second-order valence-electron chi connectivity index (χ2n) is 7.32. The van der Waals surface area contributed by atoms with Crippen molar-refractivity contribution < 1.29 is 27.5 Å². The fraction of sp³-hybridized carbons (Fsp3) is 0.500. The van der Waals surface area contributed by atoms with Crippen LogP contribution in [0, 0.1) is 0 Å². The average molecular weight is 407 g/mol. The molecular weight excluding hydrogens is 386 g/mol. The molecular formula is C18H21N3O6S. The Labute approximate surface area is 162 Å². The number of hydrogen-bond donors (Lipinski definition) is 2. The number of nitrogens with zero attached hydrogens (tertiary/aromatic N) is 1. The summed E-state index contributed by atoms with van der Waals surface area (Å²) >= 11 is 0. The minimum absolute atomic E-state index is 0.0520. The number of sulfone groups is 1. The third kappa shape index (κ3) is 3.68. The molecule has 0 aromatic heterocycles. The molecule has 3 aliphatic rings. The lowest BCUT2D eigenvalue weighted by Crippen LogP contribution is -2.43. The molecule has 1 aromatic carbocycles. The predicted molar refractivity (Wildman–Crippen MR) is 101 cm³/mol. The second kappa shape index (κ2) is 7.08. The number of rotatable bonds is 4. The Balaban J connectivity index is 1.36. The Kier molecular flexibility index (Phi) is 4.74. The van der Waals surface area contributed by atoms with Crippen molar-refractivity contribution in [2.24, 2.45) is 0 Å². The van der Waals surface area contributed by atoms with E-state index in [-0.39, 0.29) is 29.0 Å². The van der Waals surface area contributed by atoms with Crippen molar-refractivity contribution in [3.05, 3.63) is 23.8 Å². The van der Waals surface area contributed by atoms with E-state index in [1.807, 2.05) is 4.90 Å². The molecule has 0 unspecified atom stereocenters. The summed E-state index contributed by atoms with van der Waals surface area (Å²) in [6.45, 7) is 0.305. The number of fused-ring (bicyclic) bond motifs is 3. The van der Waals surface area contributed by atoms with E-state index < -0.39 is 34.4 Å². The van der Waals surface area contributed by atoms with Crippen LogP contribution in [0.5, 0.6) is 0 Å². The van der Waals surface area contributed by atoms with Crippen molar-refractivity contribution >= 4 is 39.0 Å². The van der Waals surface area contributed by atoms with E-state index in [1.165, 1.54) is 0 Å². The number of carbonyl (C=O) groups excluding carboxylic acids is 3. The number of benzene rings is 1. The van der Waals surface area contributed by atoms with Crippen LogP contribution in [0.15, 0.2) is 18.2 Å². The van der Waals surface area contributed by atoms with Gasteiger partial charge in [0.1, 0.15) is 6.04 Å². The summed E-state index contributed by atoms with van der Waals surface area (Å²) in [5, 5.41) is 5.39. The molecule has 0 radical (unpaired) electrons. The summed E-state index contributed by atoms with van der Waals surface area (Å²) < 4.78 is 27.9. The smallest absolute Gasteiger partial charge is 0.338 e. The van der Waals surface area contributed by atoms with E-state index >= 15 is 0 Å². The molecule has 10 heteroatoms. The number of amides is 2. The van der Waals surface area contributed by atoms with Crippen molar-refractivity contribution in [2.75, 3.05) is 34.9 Å². The predicted octanol–water partition coefficient (Wildman–Crippen LogP) is 0.0676. The quantitative estimate of drug-likeness (QED) is 0.677. The van der Waals surface area contributed by atoms with Crippen LogP contribution < -0.4 is 15.5 Å². The molecule has 4 rings (SSSR count). The van der Waals surface area contributed by atoms with Gasteiger partial charge in [0.15, 0.2) is 16.4 Å². The molecule has 2 fully saturated rings. The first kappa shape index (κ1) is 18.7. The Bertz CT molecular complexity index is 945. The molecule has 2 saturated heterocycles. The number of esters is 1. The summed E-state index contributed by atoms with van der Waals surface area (Å²) in [5.41, 5.74) is 1.66. The molecule has 1 aromatic rings. The molecule has 2 atom stereocenters. The van der Waals surface area contributed by atoms with Crippen LogP contribution in [-0.2, 0) is 24.2 Å². The maximum absolute atomic E-state index is 12.3. The minimum Gasteiger partial charge on any atom is -0.452 e. The Morgan fingerprint density at radius 3 is 2.86 bits per heavy atom. The number of ether oxygens (including phenoxy) is 1. The monoisotopic (exact) mass is 407 g/mol. The van der Waals surface area contributed by atoms with E-state index in [0.717, 1.165) is 25.1 Å². The zero-order valence-corrected chi connectivity index (χ0v) is 16.0. The molecule has 3 heterocycles. The summed E-state index contributed by atoms with van der Waals surface area (Å²) in [5.74, 6) is -1.34. The van der Waals surface area contributed by atoms with Crippen LogP contribution in [0.25, 0.3) is 0 Å². The molecule has 28 heavy (non-hydrogen) atoms. The molecule has 0 aliphatic carbocycles. The van der Waals surface area contributed by atoms with E-state index in [1.54, 1.807) is 18.2 Å². The highest BCUT2D eigenvalue weighted by atomic mass is 32.2. The highest BCUT2D eigenvalue weighted by Gasteiger charge is 2.36. The van der Waals surface area contributed by atoms with E-state index in [2.05, 4.69) is 10.6 Å². The summed E-state index contributed by atoms with van der Waals surface area (Å²) in [6, 6.07) is 4.32. The SMILES string of the molecule is O=C(COC(=O)c1ccc2c(c1)NC(=O)[C@@H]1CCCN21)N[C@@H]1CCS(=O)(=O)C1. The van der Waals surface area contributed by atoms with Crippen LogP contribution in [0.1, 0.15) is 29.6 Å². The maximum Gasteiger partial charge on any atom is 0.338 e. The lowest BCUT2D eigenvalue weighted by atomic mass is 10.1. The van der Waals surface area contributed by atoms with Gasteiger partial charge in [0.05, 0.1) is 28.4 Å². The topological polar surface area (TPSA) is 122 Å². The molecule has 3 aliphatic heterocycles. The van der Waals surface area contributed by atoms with Crippen molar-refractivity contribution in [3.63, 3.8) is 0 Å². The van der Waals surface area contributed by atoms with Crippen molar-refractivity contribution in [1.29, 1.82) is 0 Å². The van der Waals surface area contributed by atoms with Crippen molar-refractivity contribution in [1.82, 2.24) is 5.32 Å². The van der Waals surface area contributed by atoms with E-state index in [9.17, 15) is 22.8 Å². The first-order chi connectivity index (χ1) is 13.3. The van der Waals surface area contributed by atoms with Gasteiger partial charge in [0.25, 0.3) is 5.91 Å². The zero-order chi connectivity index (χ0) is 19.9.